The SMILES string of the molecule is CCNC(=NCCc1ccccc1C)N1CCC2(CCOC2)C1.I. The number of halogens is 1. The van der Waals surface area contributed by atoms with E-state index < -0.39 is 0 Å². The Labute approximate surface area is 163 Å². The zero-order valence-electron chi connectivity index (χ0n) is 14.9. The molecule has 1 N–H and O–H groups in total. The van der Waals surface area contributed by atoms with Crippen LogP contribution in [0.1, 0.15) is 30.9 Å². The fourth-order valence-corrected chi connectivity index (χ4v) is 3.69. The normalized spacial score (nSPS) is 23.6. The maximum absolute atomic E-state index is 5.64. The molecule has 0 bridgehead atoms. The first-order valence-electron chi connectivity index (χ1n) is 8.88. The predicted molar refractivity (Wildman–Crippen MR) is 110 cm³/mol. The smallest absolute Gasteiger partial charge is 0.193 e. The minimum Gasteiger partial charge on any atom is -0.381 e. The van der Waals surface area contributed by atoms with Crippen LogP contribution in [0.3, 0.4) is 0 Å². The predicted octanol–water partition coefficient (Wildman–Crippen LogP) is 3.23. The Morgan fingerprint density at radius 3 is 2.88 bits per heavy atom. The average molecular weight is 443 g/mol. The monoisotopic (exact) mass is 443 g/mol. The first-order valence-corrected chi connectivity index (χ1v) is 8.88. The maximum Gasteiger partial charge on any atom is 0.193 e. The molecule has 1 aromatic carbocycles. The molecule has 1 unspecified atom stereocenters. The minimum atomic E-state index is 0. The standard InChI is InChI=1S/C19H29N3O.HI/c1-3-20-18(21-11-8-17-7-5-4-6-16(17)2)22-12-9-19(14-22)10-13-23-15-19;/h4-7H,3,8-15H2,1-2H3,(H,20,21);1H. The lowest BCUT2D eigenvalue weighted by molar-refractivity contribution is 0.156. The van der Waals surface area contributed by atoms with Gasteiger partial charge in [0.2, 0.25) is 0 Å². The molecular formula is C19H30IN3O. The fourth-order valence-electron chi connectivity index (χ4n) is 3.69. The van der Waals surface area contributed by atoms with Gasteiger partial charge in [0.25, 0.3) is 0 Å². The maximum atomic E-state index is 5.64. The van der Waals surface area contributed by atoms with E-state index in [1.165, 1.54) is 24.0 Å². The Bertz CT molecular complexity index is 555. The van der Waals surface area contributed by atoms with Crippen molar-refractivity contribution >= 4 is 29.9 Å². The van der Waals surface area contributed by atoms with Crippen LogP contribution in [0.4, 0.5) is 0 Å². The van der Waals surface area contributed by atoms with Gasteiger partial charge in [-0.3, -0.25) is 4.99 Å². The highest BCUT2D eigenvalue weighted by atomic mass is 127. The molecule has 2 saturated heterocycles. The molecule has 1 spiro atoms. The fraction of sp³-hybridized carbons (Fsp3) is 0.632. The molecule has 3 rings (SSSR count). The van der Waals surface area contributed by atoms with Gasteiger partial charge in [-0.25, -0.2) is 0 Å². The highest BCUT2D eigenvalue weighted by Crippen LogP contribution is 2.38. The van der Waals surface area contributed by atoms with Gasteiger partial charge in [0, 0.05) is 38.2 Å². The van der Waals surface area contributed by atoms with Gasteiger partial charge in [0.1, 0.15) is 0 Å². The summed E-state index contributed by atoms with van der Waals surface area (Å²) < 4.78 is 5.64. The molecule has 0 aromatic heterocycles. The van der Waals surface area contributed by atoms with Gasteiger partial charge in [-0.05, 0) is 44.2 Å². The van der Waals surface area contributed by atoms with Gasteiger partial charge in [-0.1, -0.05) is 24.3 Å². The number of aryl methyl sites for hydroxylation is 1. The number of benzene rings is 1. The topological polar surface area (TPSA) is 36.9 Å². The lowest BCUT2D eigenvalue weighted by Crippen LogP contribution is -2.41. The van der Waals surface area contributed by atoms with Gasteiger partial charge in [0.15, 0.2) is 5.96 Å². The molecule has 1 aromatic rings. The van der Waals surface area contributed by atoms with E-state index in [2.05, 4.69) is 48.3 Å². The number of rotatable bonds is 4. The molecule has 4 nitrogen and oxygen atoms in total. The Balaban J connectivity index is 0.00000208. The highest BCUT2D eigenvalue weighted by molar-refractivity contribution is 14.0. The Hall–Kier alpha value is -0.820. The van der Waals surface area contributed by atoms with Crippen LogP contribution in [0.25, 0.3) is 0 Å². The Kier molecular flexibility index (Phi) is 7.34. The summed E-state index contributed by atoms with van der Waals surface area (Å²) >= 11 is 0. The van der Waals surface area contributed by atoms with Crippen molar-refractivity contribution in [2.45, 2.75) is 33.1 Å². The first kappa shape index (κ1) is 19.5. The molecule has 0 amide bonds. The summed E-state index contributed by atoms with van der Waals surface area (Å²) in [5.74, 6) is 1.07. The van der Waals surface area contributed by atoms with E-state index in [0.29, 0.717) is 5.41 Å². The molecular weight excluding hydrogens is 413 g/mol. The van der Waals surface area contributed by atoms with E-state index in [9.17, 15) is 0 Å². The van der Waals surface area contributed by atoms with Crippen molar-refractivity contribution in [3.8, 4) is 0 Å². The van der Waals surface area contributed by atoms with Crippen molar-refractivity contribution in [2.75, 3.05) is 39.4 Å². The number of hydrogen-bond acceptors (Lipinski definition) is 2. The zero-order valence-corrected chi connectivity index (χ0v) is 17.2. The van der Waals surface area contributed by atoms with Crippen LogP contribution in [0.2, 0.25) is 0 Å². The molecule has 2 heterocycles. The van der Waals surface area contributed by atoms with Crippen molar-refractivity contribution < 1.29 is 4.74 Å². The molecule has 24 heavy (non-hydrogen) atoms. The lowest BCUT2D eigenvalue weighted by atomic mass is 9.87. The van der Waals surface area contributed by atoms with E-state index in [1.54, 1.807) is 0 Å². The number of guanidine groups is 1. The molecule has 2 aliphatic heterocycles. The summed E-state index contributed by atoms with van der Waals surface area (Å²) in [6, 6.07) is 8.59. The summed E-state index contributed by atoms with van der Waals surface area (Å²) in [6.07, 6.45) is 3.44. The third-order valence-electron chi connectivity index (χ3n) is 5.16. The lowest BCUT2D eigenvalue weighted by Gasteiger charge is -2.25. The molecule has 1 atom stereocenters. The molecule has 0 aliphatic carbocycles. The minimum absolute atomic E-state index is 0. The number of nitrogens with zero attached hydrogens (tertiary/aromatic N) is 2. The van der Waals surface area contributed by atoms with Crippen LogP contribution in [0.5, 0.6) is 0 Å². The number of likely N-dealkylation sites (tertiary alicyclic amines) is 1. The number of nitrogens with one attached hydrogen (secondary N) is 1. The zero-order chi connectivity index (χ0) is 16.1. The van der Waals surface area contributed by atoms with Gasteiger partial charge in [-0.15, -0.1) is 24.0 Å². The second-order valence-electron chi connectivity index (χ2n) is 6.89. The summed E-state index contributed by atoms with van der Waals surface area (Å²) in [5, 5.41) is 3.47. The Morgan fingerprint density at radius 1 is 1.33 bits per heavy atom. The largest absolute Gasteiger partial charge is 0.381 e. The van der Waals surface area contributed by atoms with Crippen molar-refractivity contribution in [1.29, 1.82) is 0 Å². The molecule has 2 fully saturated rings. The van der Waals surface area contributed by atoms with Crippen molar-refractivity contribution in [1.82, 2.24) is 10.2 Å². The average Bonchev–Trinajstić information content (AvgIpc) is 3.19. The van der Waals surface area contributed by atoms with Crippen LogP contribution in [-0.4, -0.2) is 50.3 Å². The summed E-state index contributed by atoms with van der Waals surface area (Å²) in [6.45, 7) is 10.1. The van der Waals surface area contributed by atoms with Gasteiger partial charge >= 0.3 is 0 Å². The van der Waals surface area contributed by atoms with Crippen molar-refractivity contribution in [3.63, 3.8) is 0 Å². The van der Waals surface area contributed by atoms with Crippen LogP contribution in [-0.2, 0) is 11.2 Å². The molecule has 2 aliphatic rings. The third kappa shape index (κ3) is 4.63. The van der Waals surface area contributed by atoms with Crippen LogP contribution in [0, 0.1) is 12.3 Å². The second kappa shape index (κ2) is 9.04. The van der Waals surface area contributed by atoms with E-state index in [-0.39, 0.29) is 24.0 Å². The molecule has 0 saturated carbocycles. The highest BCUT2D eigenvalue weighted by Gasteiger charge is 2.42. The molecule has 5 heteroatoms. The third-order valence-corrected chi connectivity index (χ3v) is 5.16. The van der Waals surface area contributed by atoms with Gasteiger partial charge < -0.3 is 15.0 Å². The molecule has 0 radical (unpaired) electrons. The van der Waals surface area contributed by atoms with E-state index >= 15 is 0 Å². The number of ether oxygens (including phenoxy) is 1. The quantitative estimate of drug-likeness (QED) is 0.441. The first-order chi connectivity index (χ1) is 11.2. The second-order valence-corrected chi connectivity index (χ2v) is 6.89. The summed E-state index contributed by atoms with van der Waals surface area (Å²) in [4.78, 5) is 7.30. The van der Waals surface area contributed by atoms with Crippen LogP contribution in [0.15, 0.2) is 29.3 Å². The Morgan fingerprint density at radius 2 is 2.17 bits per heavy atom. The van der Waals surface area contributed by atoms with Crippen molar-refractivity contribution in [3.05, 3.63) is 35.4 Å². The summed E-state index contributed by atoms with van der Waals surface area (Å²) in [5.41, 5.74) is 3.14. The van der Waals surface area contributed by atoms with Gasteiger partial charge in [0.05, 0.1) is 6.61 Å². The van der Waals surface area contributed by atoms with Crippen LogP contribution >= 0.6 is 24.0 Å². The van der Waals surface area contributed by atoms with E-state index in [4.69, 9.17) is 9.73 Å². The van der Waals surface area contributed by atoms with Crippen LogP contribution < -0.4 is 5.32 Å². The number of aliphatic imine (C=N–C) groups is 1. The van der Waals surface area contributed by atoms with Crippen molar-refractivity contribution in [2.24, 2.45) is 10.4 Å². The number of hydrogen-bond donors (Lipinski definition) is 1. The molecule has 134 valence electrons. The van der Waals surface area contributed by atoms with Gasteiger partial charge in [-0.2, -0.15) is 0 Å². The van der Waals surface area contributed by atoms with E-state index in [0.717, 1.165) is 51.8 Å². The van der Waals surface area contributed by atoms with E-state index in [1.807, 2.05) is 0 Å². The summed E-state index contributed by atoms with van der Waals surface area (Å²) in [7, 11) is 0.